The van der Waals surface area contributed by atoms with E-state index in [1.807, 2.05) is 36.4 Å². The van der Waals surface area contributed by atoms with Crippen LogP contribution in [0.4, 0.5) is 20.3 Å². The van der Waals surface area contributed by atoms with E-state index in [0.717, 1.165) is 40.0 Å². The van der Waals surface area contributed by atoms with Crippen molar-refractivity contribution >= 4 is 29.1 Å². The maximum absolute atomic E-state index is 13.9. The van der Waals surface area contributed by atoms with Gasteiger partial charge < -0.3 is 5.32 Å². The minimum atomic E-state index is -0.588. The summed E-state index contributed by atoms with van der Waals surface area (Å²) >= 11 is 0. The monoisotopic (exact) mass is 389 g/mol. The van der Waals surface area contributed by atoms with Crippen LogP contribution in [0.3, 0.4) is 0 Å². The Morgan fingerprint density at radius 3 is 2.79 bits per heavy atom. The highest BCUT2D eigenvalue weighted by Crippen LogP contribution is 2.40. The van der Waals surface area contributed by atoms with Crippen molar-refractivity contribution in [3.8, 4) is 0 Å². The molecule has 2 aliphatic heterocycles. The summed E-state index contributed by atoms with van der Waals surface area (Å²) in [7, 11) is 0. The molecule has 2 aliphatic rings. The van der Waals surface area contributed by atoms with Crippen LogP contribution in [0.5, 0.6) is 0 Å². The molecule has 0 amide bonds. The Bertz CT molecular complexity index is 1160. The number of aliphatic imine (C=N–C) groups is 1. The van der Waals surface area contributed by atoms with E-state index in [0.29, 0.717) is 12.1 Å². The van der Waals surface area contributed by atoms with Crippen LogP contribution in [0.25, 0.3) is 11.3 Å². The predicted octanol–water partition coefficient (Wildman–Crippen LogP) is 4.33. The zero-order valence-corrected chi connectivity index (χ0v) is 15.4. The average molecular weight is 389 g/mol. The highest BCUT2D eigenvalue weighted by molar-refractivity contribution is 6.03. The van der Waals surface area contributed by atoms with Crippen molar-refractivity contribution in [2.45, 2.75) is 6.54 Å². The molecular weight excluding hydrogens is 372 g/mol. The van der Waals surface area contributed by atoms with Crippen LogP contribution in [-0.2, 0) is 6.54 Å². The molecule has 2 aromatic carbocycles. The van der Waals surface area contributed by atoms with E-state index in [2.05, 4.69) is 20.7 Å². The van der Waals surface area contributed by atoms with Crippen molar-refractivity contribution in [1.29, 1.82) is 0 Å². The van der Waals surface area contributed by atoms with Gasteiger partial charge in [0.15, 0.2) is 0 Å². The highest BCUT2D eigenvalue weighted by Gasteiger charge is 2.25. The van der Waals surface area contributed by atoms with Crippen LogP contribution < -0.4 is 10.7 Å². The van der Waals surface area contributed by atoms with Crippen LogP contribution in [0.1, 0.15) is 16.7 Å². The lowest BCUT2D eigenvalue weighted by Crippen LogP contribution is -2.39. The van der Waals surface area contributed by atoms with Crippen molar-refractivity contribution in [3.05, 3.63) is 89.1 Å². The smallest absolute Gasteiger partial charge is 0.139 e. The number of hydrogen-bond acceptors (Lipinski definition) is 5. The number of halogens is 2. The Hall–Kier alpha value is -3.58. The van der Waals surface area contributed by atoms with Gasteiger partial charge in [-0.05, 0) is 24.3 Å². The third kappa shape index (κ3) is 3.25. The molecule has 144 valence electrons. The van der Waals surface area contributed by atoms with Gasteiger partial charge in [0.2, 0.25) is 0 Å². The normalized spacial score (nSPS) is 14.6. The van der Waals surface area contributed by atoms with Crippen LogP contribution in [-0.4, -0.2) is 22.9 Å². The summed E-state index contributed by atoms with van der Waals surface area (Å²) in [5.41, 5.74) is 8.36. The molecule has 0 atom stereocenters. The fourth-order valence-electron chi connectivity index (χ4n) is 3.56. The number of nitrogens with one attached hydrogen (secondary N) is 2. The second kappa shape index (κ2) is 7.10. The first-order valence-corrected chi connectivity index (χ1v) is 9.22. The zero-order chi connectivity index (χ0) is 19.8. The maximum Gasteiger partial charge on any atom is 0.139 e. The lowest BCUT2D eigenvalue weighted by atomic mass is 9.99. The molecule has 7 heteroatoms. The minimum Gasteiger partial charge on any atom is -0.339 e. The van der Waals surface area contributed by atoms with Gasteiger partial charge in [-0.15, -0.1) is 0 Å². The molecule has 0 saturated carbocycles. The van der Waals surface area contributed by atoms with Crippen molar-refractivity contribution in [2.24, 2.45) is 4.99 Å². The van der Waals surface area contributed by atoms with Gasteiger partial charge in [-0.2, -0.15) is 0 Å². The first-order valence-electron chi connectivity index (χ1n) is 9.22. The summed E-state index contributed by atoms with van der Waals surface area (Å²) in [6.45, 7) is 0.757. The predicted molar refractivity (Wildman–Crippen MR) is 109 cm³/mol. The van der Waals surface area contributed by atoms with E-state index in [9.17, 15) is 8.78 Å². The largest absolute Gasteiger partial charge is 0.339 e. The molecule has 1 aromatic heterocycles. The Labute approximate surface area is 166 Å². The molecular formula is C22H17F2N5. The van der Waals surface area contributed by atoms with Gasteiger partial charge >= 0.3 is 0 Å². The van der Waals surface area contributed by atoms with Gasteiger partial charge in [0.25, 0.3) is 0 Å². The molecule has 3 aromatic rings. The fraction of sp³-hybridized carbons (Fsp3) is 0.0909. The molecule has 0 fully saturated rings. The molecule has 2 N–H and O–H groups in total. The van der Waals surface area contributed by atoms with Gasteiger partial charge in [0.1, 0.15) is 23.8 Å². The Kier molecular flexibility index (Phi) is 4.29. The second-order valence-corrected chi connectivity index (χ2v) is 6.84. The summed E-state index contributed by atoms with van der Waals surface area (Å²) in [5.74, 6) is -0.400. The summed E-state index contributed by atoms with van der Waals surface area (Å²) in [5, 5.41) is 5.20. The van der Waals surface area contributed by atoms with Gasteiger partial charge in [-0.25, -0.2) is 24.2 Å². The molecule has 0 spiro atoms. The SMILES string of the molecule is Fc1ccc(CNN2C=NC3=C(C2)c2ccccc2Nc2ncccc23)c(F)c1. The fourth-order valence-corrected chi connectivity index (χ4v) is 3.56. The molecule has 5 nitrogen and oxygen atoms in total. The van der Waals surface area contributed by atoms with Crippen LogP contribution in [0.2, 0.25) is 0 Å². The number of anilines is 2. The van der Waals surface area contributed by atoms with Crippen LogP contribution >= 0.6 is 0 Å². The molecule has 0 unspecified atom stereocenters. The second-order valence-electron chi connectivity index (χ2n) is 6.84. The number of para-hydroxylation sites is 1. The van der Waals surface area contributed by atoms with E-state index >= 15 is 0 Å². The van der Waals surface area contributed by atoms with E-state index in [-0.39, 0.29) is 6.54 Å². The van der Waals surface area contributed by atoms with Crippen molar-refractivity contribution < 1.29 is 8.78 Å². The van der Waals surface area contributed by atoms with Gasteiger partial charge in [-0.3, -0.25) is 5.01 Å². The Morgan fingerprint density at radius 2 is 1.90 bits per heavy atom. The topological polar surface area (TPSA) is 52.5 Å². The lowest BCUT2D eigenvalue weighted by molar-refractivity contribution is 0.341. The number of aromatic nitrogens is 1. The molecule has 0 saturated heterocycles. The van der Waals surface area contributed by atoms with Gasteiger partial charge in [-0.1, -0.05) is 24.3 Å². The average Bonchev–Trinajstić information content (AvgIpc) is 2.87. The molecule has 29 heavy (non-hydrogen) atoms. The van der Waals surface area contributed by atoms with E-state index in [1.165, 1.54) is 12.1 Å². The Balaban J connectivity index is 1.46. The van der Waals surface area contributed by atoms with Gasteiger partial charge in [0, 0.05) is 46.8 Å². The Morgan fingerprint density at radius 1 is 1.03 bits per heavy atom. The molecule has 0 bridgehead atoms. The number of fused-ring (bicyclic) bond motifs is 4. The molecule has 3 heterocycles. The number of nitrogens with zero attached hydrogens (tertiary/aromatic N) is 3. The number of rotatable bonds is 3. The maximum atomic E-state index is 13.9. The third-order valence-corrected chi connectivity index (χ3v) is 5.00. The standard InChI is InChI=1S/C22H17F2N5/c23-15-8-7-14(19(24)10-15)11-27-29-12-18-16-4-1-2-6-20(16)28-22-17(5-3-9-25-22)21(18)26-13-29/h1-10,13,27H,11-12H2,(H,25,28). The van der Waals surface area contributed by atoms with Crippen LogP contribution in [0, 0.1) is 11.6 Å². The molecule has 0 aliphatic carbocycles. The summed E-state index contributed by atoms with van der Waals surface area (Å²) < 4.78 is 27.1. The van der Waals surface area contributed by atoms with Crippen LogP contribution in [0.15, 0.2) is 65.8 Å². The quantitative estimate of drug-likeness (QED) is 0.700. The minimum absolute atomic E-state index is 0.221. The summed E-state index contributed by atoms with van der Waals surface area (Å²) in [4.78, 5) is 9.13. The first kappa shape index (κ1) is 17.5. The summed E-state index contributed by atoms with van der Waals surface area (Å²) in [6, 6.07) is 15.5. The number of pyridine rings is 1. The van der Waals surface area contributed by atoms with E-state index in [4.69, 9.17) is 0 Å². The molecule has 0 radical (unpaired) electrons. The summed E-state index contributed by atoms with van der Waals surface area (Å²) in [6.07, 6.45) is 3.43. The number of benzene rings is 2. The van der Waals surface area contributed by atoms with Crippen molar-refractivity contribution in [2.75, 3.05) is 11.9 Å². The van der Waals surface area contributed by atoms with E-state index in [1.54, 1.807) is 17.5 Å². The lowest BCUT2D eigenvalue weighted by Gasteiger charge is -2.27. The third-order valence-electron chi connectivity index (χ3n) is 5.00. The first-order chi connectivity index (χ1) is 14.2. The van der Waals surface area contributed by atoms with E-state index < -0.39 is 11.6 Å². The van der Waals surface area contributed by atoms with Crippen molar-refractivity contribution in [1.82, 2.24) is 15.4 Å². The number of hydrazine groups is 1. The highest BCUT2D eigenvalue weighted by atomic mass is 19.1. The molecule has 5 rings (SSSR count). The zero-order valence-electron chi connectivity index (χ0n) is 15.4. The number of hydrogen-bond donors (Lipinski definition) is 2. The van der Waals surface area contributed by atoms with Crippen molar-refractivity contribution in [3.63, 3.8) is 0 Å². The van der Waals surface area contributed by atoms with Gasteiger partial charge in [0.05, 0.1) is 12.2 Å².